The highest BCUT2D eigenvalue weighted by Crippen LogP contribution is 2.59. The number of hydrogen-bond donors (Lipinski definition) is 1. The lowest BCUT2D eigenvalue weighted by Gasteiger charge is -2.56. The van der Waals surface area contributed by atoms with Crippen LogP contribution < -0.4 is 5.32 Å². The van der Waals surface area contributed by atoms with Gasteiger partial charge in [0.1, 0.15) is 0 Å². The van der Waals surface area contributed by atoms with Gasteiger partial charge in [-0.15, -0.1) is 0 Å². The van der Waals surface area contributed by atoms with Gasteiger partial charge in [-0.3, -0.25) is 0 Å². The largest absolute Gasteiger partial charge is 0.314 e. The maximum Gasteiger partial charge on any atom is 0.0240 e. The van der Waals surface area contributed by atoms with Crippen LogP contribution in [0.4, 0.5) is 0 Å². The fourth-order valence-corrected chi connectivity index (χ4v) is 4.01. The Balaban J connectivity index is 2.14. The molecule has 1 heteroatoms. The Morgan fingerprint density at radius 2 is 2.08 bits per heavy atom. The van der Waals surface area contributed by atoms with Crippen LogP contribution >= 0.6 is 0 Å². The van der Waals surface area contributed by atoms with Crippen molar-refractivity contribution in [3.8, 4) is 0 Å². The van der Waals surface area contributed by atoms with Crippen LogP contribution in [0.3, 0.4) is 0 Å². The first-order chi connectivity index (χ1) is 6.15. The van der Waals surface area contributed by atoms with Gasteiger partial charge in [-0.1, -0.05) is 27.2 Å². The Labute approximate surface area is 82.3 Å². The molecule has 2 rings (SSSR count). The van der Waals surface area contributed by atoms with Gasteiger partial charge in [0.25, 0.3) is 0 Å². The Kier molecular flexibility index (Phi) is 2.18. The van der Waals surface area contributed by atoms with Crippen LogP contribution in [0.1, 0.15) is 40.0 Å². The highest BCUT2D eigenvalue weighted by atomic mass is 15.0. The van der Waals surface area contributed by atoms with Gasteiger partial charge in [0.2, 0.25) is 0 Å². The van der Waals surface area contributed by atoms with Gasteiger partial charge in [-0.05, 0) is 43.6 Å². The van der Waals surface area contributed by atoms with E-state index in [2.05, 4.69) is 33.1 Å². The minimum Gasteiger partial charge on any atom is -0.314 e. The molecule has 0 aromatic carbocycles. The molecule has 1 nitrogen and oxygen atoms in total. The van der Waals surface area contributed by atoms with Crippen molar-refractivity contribution in [3.05, 3.63) is 0 Å². The van der Waals surface area contributed by atoms with E-state index in [9.17, 15) is 0 Å². The van der Waals surface area contributed by atoms with E-state index >= 15 is 0 Å². The van der Waals surface area contributed by atoms with Crippen LogP contribution in [0, 0.1) is 23.7 Å². The van der Waals surface area contributed by atoms with E-state index in [-0.39, 0.29) is 0 Å². The van der Waals surface area contributed by atoms with Gasteiger partial charge in [0, 0.05) is 5.54 Å². The molecule has 0 heterocycles. The second kappa shape index (κ2) is 2.98. The van der Waals surface area contributed by atoms with E-state index in [0.29, 0.717) is 5.54 Å². The van der Waals surface area contributed by atoms with Crippen molar-refractivity contribution in [3.63, 3.8) is 0 Å². The van der Waals surface area contributed by atoms with Crippen LogP contribution in [-0.2, 0) is 0 Å². The fourth-order valence-electron chi connectivity index (χ4n) is 4.01. The number of hydrogen-bond acceptors (Lipinski definition) is 1. The predicted molar refractivity (Wildman–Crippen MR) is 56.6 cm³/mol. The van der Waals surface area contributed by atoms with Crippen LogP contribution in [-0.4, -0.2) is 12.6 Å². The molecule has 0 aliphatic heterocycles. The molecule has 0 aromatic heterocycles. The molecule has 2 saturated carbocycles. The van der Waals surface area contributed by atoms with Crippen molar-refractivity contribution in [1.82, 2.24) is 5.32 Å². The van der Waals surface area contributed by atoms with E-state index in [4.69, 9.17) is 0 Å². The average molecular weight is 181 g/mol. The summed E-state index contributed by atoms with van der Waals surface area (Å²) in [5, 5.41) is 3.62. The minimum absolute atomic E-state index is 0.528. The van der Waals surface area contributed by atoms with Crippen molar-refractivity contribution >= 4 is 0 Å². The van der Waals surface area contributed by atoms with E-state index in [1.807, 2.05) is 0 Å². The van der Waals surface area contributed by atoms with Gasteiger partial charge >= 0.3 is 0 Å². The molecule has 2 aliphatic carbocycles. The summed E-state index contributed by atoms with van der Waals surface area (Å²) in [5.74, 6) is 3.80. The summed E-state index contributed by atoms with van der Waals surface area (Å²) >= 11 is 0. The molecule has 0 radical (unpaired) electrons. The zero-order valence-electron chi connectivity index (χ0n) is 9.43. The predicted octanol–water partition coefficient (Wildman–Crippen LogP) is 2.67. The topological polar surface area (TPSA) is 12.0 Å². The minimum atomic E-state index is 0.528. The molecule has 13 heavy (non-hydrogen) atoms. The van der Waals surface area contributed by atoms with Gasteiger partial charge in [-0.25, -0.2) is 0 Å². The van der Waals surface area contributed by atoms with Gasteiger partial charge in [0.05, 0.1) is 0 Å². The maximum absolute atomic E-state index is 3.62. The lowest BCUT2D eigenvalue weighted by Crippen LogP contribution is -2.64. The Bertz CT molecular complexity index is 201. The molecule has 5 unspecified atom stereocenters. The van der Waals surface area contributed by atoms with Crippen LogP contribution in [0.25, 0.3) is 0 Å². The van der Waals surface area contributed by atoms with Gasteiger partial charge < -0.3 is 5.32 Å². The highest BCUT2D eigenvalue weighted by Gasteiger charge is 2.60. The molecule has 2 aliphatic rings. The third-order valence-electron chi connectivity index (χ3n) is 5.15. The second-order valence-electron chi connectivity index (χ2n) is 5.26. The number of rotatable bonds is 2. The highest BCUT2D eigenvalue weighted by molar-refractivity contribution is 5.15. The Morgan fingerprint density at radius 3 is 2.54 bits per heavy atom. The molecule has 1 N–H and O–H groups in total. The molecule has 2 fully saturated rings. The first-order valence-corrected chi connectivity index (χ1v) is 5.84. The normalized spacial score (nSPS) is 54.5. The first-order valence-electron chi connectivity index (χ1n) is 5.84. The Morgan fingerprint density at radius 1 is 1.38 bits per heavy atom. The summed E-state index contributed by atoms with van der Waals surface area (Å²) in [6.07, 6.45) is 4.28. The van der Waals surface area contributed by atoms with Crippen LogP contribution in [0.5, 0.6) is 0 Å². The summed E-state index contributed by atoms with van der Waals surface area (Å²) in [5.41, 5.74) is 0.528. The molecule has 0 bridgehead atoms. The first kappa shape index (κ1) is 9.51. The molecule has 0 aromatic rings. The standard InChI is InChI=1S/C12H23N/c1-5-10-6-11-8(2)9(3)12(11,7-10)13-4/h8-11,13H,5-7H2,1-4H3. The van der Waals surface area contributed by atoms with E-state index in [1.165, 1.54) is 19.3 Å². The summed E-state index contributed by atoms with van der Waals surface area (Å²) in [4.78, 5) is 0. The molecular weight excluding hydrogens is 158 g/mol. The monoisotopic (exact) mass is 181 g/mol. The summed E-state index contributed by atoms with van der Waals surface area (Å²) in [7, 11) is 2.16. The quantitative estimate of drug-likeness (QED) is 0.690. The zero-order valence-corrected chi connectivity index (χ0v) is 9.43. The lowest BCUT2D eigenvalue weighted by molar-refractivity contribution is -0.0269. The molecular formula is C12H23N. The van der Waals surface area contributed by atoms with Gasteiger partial charge in [0.15, 0.2) is 0 Å². The maximum atomic E-state index is 3.62. The lowest BCUT2D eigenvalue weighted by atomic mass is 9.54. The van der Waals surface area contributed by atoms with Gasteiger partial charge in [-0.2, -0.15) is 0 Å². The van der Waals surface area contributed by atoms with Crippen molar-refractivity contribution in [2.24, 2.45) is 23.7 Å². The van der Waals surface area contributed by atoms with Crippen molar-refractivity contribution in [2.75, 3.05) is 7.05 Å². The Hall–Kier alpha value is -0.0400. The summed E-state index contributed by atoms with van der Waals surface area (Å²) < 4.78 is 0. The van der Waals surface area contributed by atoms with Crippen molar-refractivity contribution in [2.45, 2.75) is 45.6 Å². The SMILES string of the molecule is CCC1CC2C(C)C(C)C2(NC)C1. The number of nitrogens with one attached hydrogen (secondary N) is 1. The summed E-state index contributed by atoms with van der Waals surface area (Å²) in [6.45, 7) is 7.20. The van der Waals surface area contributed by atoms with Crippen LogP contribution in [0.2, 0.25) is 0 Å². The number of fused-ring (bicyclic) bond motifs is 1. The van der Waals surface area contributed by atoms with Crippen molar-refractivity contribution < 1.29 is 0 Å². The molecule has 5 atom stereocenters. The molecule has 0 spiro atoms. The van der Waals surface area contributed by atoms with E-state index < -0.39 is 0 Å². The smallest absolute Gasteiger partial charge is 0.0240 e. The zero-order chi connectivity index (χ0) is 9.64. The molecule has 0 amide bonds. The van der Waals surface area contributed by atoms with E-state index in [1.54, 1.807) is 0 Å². The van der Waals surface area contributed by atoms with Crippen LogP contribution in [0.15, 0.2) is 0 Å². The fraction of sp³-hybridized carbons (Fsp3) is 1.00. The second-order valence-corrected chi connectivity index (χ2v) is 5.26. The van der Waals surface area contributed by atoms with Crippen molar-refractivity contribution in [1.29, 1.82) is 0 Å². The third-order valence-corrected chi connectivity index (χ3v) is 5.15. The molecule has 0 saturated heterocycles. The summed E-state index contributed by atoms with van der Waals surface area (Å²) in [6, 6.07) is 0. The molecule has 76 valence electrons. The van der Waals surface area contributed by atoms with E-state index in [0.717, 1.165) is 23.7 Å². The average Bonchev–Trinajstić information content (AvgIpc) is 2.52. The third kappa shape index (κ3) is 1.03.